The molecular formula is C18H27N3O3S. The molecule has 2 rings (SSSR count). The van der Waals surface area contributed by atoms with Crippen LogP contribution in [0.2, 0.25) is 0 Å². The molecule has 138 valence electrons. The molecule has 1 aliphatic heterocycles. The SMILES string of the molecule is C=C/C(=C\C=C(/C)c1ccn[nH]1)OCCC1CCN(S(C)(=O)=O)CC1. The van der Waals surface area contributed by atoms with Gasteiger partial charge in [-0.05, 0) is 55.9 Å². The first-order valence-corrected chi connectivity index (χ1v) is 10.3. The molecule has 1 aliphatic rings. The molecule has 0 radical (unpaired) electrons. The minimum atomic E-state index is -3.06. The van der Waals surface area contributed by atoms with Gasteiger partial charge in [0.1, 0.15) is 5.76 Å². The highest BCUT2D eigenvalue weighted by Gasteiger charge is 2.24. The largest absolute Gasteiger partial charge is 0.494 e. The van der Waals surface area contributed by atoms with E-state index in [1.54, 1.807) is 16.6 Å². The number of allylic oxidation sites excluding steroid dienone is 4. The average molecular weight is 365 g/mol. The van der Waals surface area contributed by atoms with Crippen LogP contribution in [-0.2, 0) is 14.8 Å². The maximum absolute atomic E-state index is 11.5. The van der Waals surface area contributed by atoms with E-state index in [1.165, 1.54) is 6.26 Å². The summed E-state index contributed by atoms with van der Waals surface area (Å²) in [6.07, 6.45) is 11.3. The van der Waals surface area contributed by atoms with Gasteiger partial charge < -0.3 is 4.74 Å². The Balaban J connectivity index is 1.77. The predicted molar refractivity (Wildman–Crippen MR) is 100 cm³/mol. The van der Waals surface area contributed by atoms with Gasteiger partial charge in [-0.3, -0.25) is 5.10 Å². The van der Waals surface area contributed by atoms with E-state index in [0.717, 1.165) is 36.3 Å². The Labute approximate surface area is 150 Å². The molecule has 6 nitrogen and oxygen atoms in total. The van der Waals surface area contributed by atoms with Crippen molar-refractivity contribution < 1.29 is 13.2 Å². The number of nitrogens with zero attached hydrogens (tertiary/aromatic N) is 2. The molecule has 0 atom stereocenters. The summed E-state index contributed by atoms with van der Waals surface area (Å²) in [4.78, 5) is 0. The van der Waals surface area contributed by atoms with E-state index < -0.39 is 10.0 Å². The number of ether oxygens (including phenoxy) is 1. The summed E-state index contributed by atoms with van der Waals surface area (Å²) in [5, 5.41) is 6.85. The van der Waals surface area contributed by atoms with Crippen LogP contribution in [0, 0.1) is 5.92 Å². The zero-order chi connectivity index (χ0) is 18.3. The van der Waals surface area contributed by atoms with Gasteiger partial charge in [0.15, 0.2) is 0 Å². The molecule has 1 saturated heterocycles. The Kier molecular flexibility index (Phi) is 7.01. The van der Waals surface area contributed by atoms with E-state index in [-0.39, 0.29) is 0 Å². The molecule has 0 aromatic carbocycles. The minimum Gasteiger partial charge on any atom is -0.494 e. The molecule has 1 aromatic heterocycles. The Bertz CT molecular complexity index is 713. The summed E-state index contributed by atoms with van der Waals surface area (Å²) in [5.41, 5.74) is 2.03. The minimum absolute atomic E-state index is 0.506. The second-order valence-corrected chi connectivity index (χ2v) is 8.32. The van der Waals surface area contributed by atoms with E-state index in [2.05, 4.69) is 16.8 Å². The predicted octanol–water partition coefficient (Wildman–Crippen LogP) is 2.96. The maximum atomic E-state index is 11.5. The second kappa shape index (κ2) is 9.01. The first-order chi connectivity index (χ1) is 11.9. The standard InChI is InChI=1S/C18H27N3O3S/c1-4-17(6-5-15(2)18-7-11-19-20-18)24-14-10-16-8-12-21(13-9-16)25(3,22)23/h4-7,11,16H,1,8-10,12-14H2,2-3H3,(H,19,20)/b15-5+,17-6+. The van der Waals surface area contributed by atoms with Crippen LogP contribution >= 0.6 is 0 Å². The van der Waals surface area contributed by atoms with Crippen LogP contribution in [0.4, 0.5) is 0 Å². The van der Waals surface area contributed by atoms with Crippen LogP contribution < -0.4 is 0 Å². The summed E-state index contributed by atoms with van der Waals surface area (Å²) in [6, 6.07) is 1.91. The van der Waals surface area contributed by atoms with E-state index in [0.29, 0.717) is 25.6 Å². The molecule has 1 aromatic rings. The Morgan fingerprint density at radius 3 is 2.72 bits per heavy atom. The fraction of sp³-hybridized carbons (Fsp3) is 0.500. The number of aromatic nitrogens is 2. The molecular weight excluding hydrogens is 338 g/mol. The average Bonchev–Trinajstić information content (AvgIpc) is 3.12. The van der Waals surface area contributed by atoms with Crippen molar-refractivity contribution in [3.8, 4) is 0 Å². The fourth-order valence-electron chi connectivity index (χ4n) is 2.82. The normalized spacial score (nSPS) is 18.3. The number of piperidine rings is 1. The van der Waals surface area contributed by atoms with Crippen molar-refractivity contribution in [3.05, 3.63) is 48.5 Å². The van der Waals surface area contributed by atoms with Gasteiger partial charge >= 0.3 is 0 Å². The van der Waals surface area contributed by atoms with Gasteiger partial charge in [0.05, 0.1) is 18.6 Å². The number of hydrogen-bond donors (Lipinski definition) is 1. The fourth-order valence-corrected chi connectivity index (χ4v) is 3.69. The Morgan fingerprint density at radius 1 is 1.44 bits per heavy atom. The molecule has 2 heterocycles. The van der Waals surface area contributed by atoms with Crippen LogP contribution in [0.1, 0.15) is 31.9 Å². The van der Waals surface area contributed by atoms with E-state index >= 15 is 0 Å². The lowest BCUT2D eigenvalue weighted by Crippen LogP contribution is -2.37. The summed E-state index contributed by atoms with van der Waals surface area (Å²) >= 11 is 0. The Hall–Kier alpha value is -1.86. The van der Waals surface area contributed by atoms with Gasteiger partial charge in [0.25, 0.3) is 0 Å². The van der Waals surface area contributed by atoms with Gasteiger partial charge in [-0.2, -0.15) is 5.10 Å². The van der Waals surface area contributed by atoms with Gasteiger partial charge in [-0.15, -0.1) is 0 Å². The van der Waals surface area contributed by atoms with Gasteiger partial charge in [0.2, 0.25) is 10.0 Å². The van der Waals surface area contributed by atoms with Gasteiger partial charge in [-0.1, -0.05) is 12.7 Å². The number of aromatic amines is 1. The molecule has 7 heteroatoms. The number of H-pyrrole nitrogens is 1. The number of hydrogen-bond acceptors (Lipinski definition) is 4. The summed E-state index contributed by atoms with van der Waals surface area (Å²) in [6.45, 7) is 7.62. The van der Waals surface area contributed by atoms with Crippen molar-refractivity contribution in [2.75, 3.05) is 26.0 Å². The molecule has 0 spiro atoms. The quantitative estimate of drug-likeness (QED) is 0.568. The molecule has 0 amide bonds. The van der Waals surface area contributed by atoms with E-state index in [4.69, 9.17) is 4.74 Å². The van der Waals surface area contributed by atoms with E-state index in [9.17, 15) is 8.42 Å². The molecule has 0 saturated carbocycles. The molecule has 0 unspecified atom stereocenters. The van der Waals surface area contributed by atoms with Crippen molar-refractivity contribution in [2.45, 2.75) is 26.2 Å². The molecule has 1 N–H and O–H groups in total. The first kappa shape index (κ1) is 19.5. The highest BCUT2D eigenvalue weighted by molar-refractivity contribution is 7.88. The highest BCUT2D eigenvalue weighted by atomic mass is 32.2. The maximum Gasteiger partial charge on any atom is 0.211 e. The van der Waals surface area contributed by atoms with Gasteiger partial charge in [-0.25, -0.2) is 12.7 Å². The monoisotopic (exact) mass is 365 g/mol. The van der Waals surface area contributed by atoms with Crippen LogP contribution in [0.25, 0.3) is 5.57 Å². The van der Waals surface area contributed by atoms with Crippen LogP contribution in [0.5, 0.6) is 0 Å². The van der Waals surface area contributed by atoms with Crippen LogP contribution in [0.3, 0.4) is 0 Å². The molecule has 0 bridgehead atoms. The zero-order valence-corrected chi connectivity index (χ0v) is 15.8. The summed E-state index contributed by atoms with van der Waals surface area (Å²) in [7, 11) is -3.06. The zero-order valence-electron chi connectivity index (χ0n) is 14.9. The number of sulfonamides is 1. The lowest BCUT2D eigenvalue weighted by Gasteiger charge is -2.30. The lowest BCUT2D eigenvalue weighted by molar-refractivity contribution is 0.175. The number of nitrogens with one attached hydrogen (secondary N) is 1. The topological polar surface area (TPSA) is 75.3 Å². The molecule has 25 heavy (non-hydrogen) atoms. The van der Waals surface area contributed by atoms with Crippen molar-refractivity contribution in [1.29, 1.82) is 0 Å². The van der Waals surface area contributed by atoms with Crippen molar-refractivity contribution in [1.82, 2.24) is 14.5 Å². The summed E-state index contributed by atoms with van der Waals surface area (Å²) in [5.74, 6) is 1.23. The molecule has 0 aliphatic carbocycles. The Morgan fingerprint density at radius 2 is 2.16 bits per heavy atom. The van der Waals surface area contributed by atoms with Gasteiger partial charge in [0, 0.05) is 19.3 Å². The van der Waals surface area contributed by atoms with Crippen molar-refractivity contribution in [3.63, 3.8) is 0 Å². The lowest BCUT2D eigenvalue weighted by atomic mass is 9.95. The van der Waals surface area contributed by atoms with Crippen molar-refractivity contribution in [2.24, 2.45) is 5.92 Å². The first-order valence-electron chi connectivity index (χ1n) is 8.49. The summed E-state index contributed by atoms with van der Waals surface area (Å²) < 4.78 is 30.4. The third-order valence-corrected chi connectivity index (χ3v) is 5.76. The van der Waals surface area contributed by atoms with Crippen LogP contribution in [-0.4, -0.2) is 48.9 Å². The second-order valence-electron chi connectivity index (χ2n) is 6.34. The highest BCUT2D eigenvalue weighted by Crippen LogP contribution is 2.22. The van der Waals surface area contributed by atoms with Crippen molar-refractivity contribution >= 4 is 15.6 Å². The van der Waals surface area contributed by atoms with Crippen LogP contribution in [0.15, 0.2) is 42.8 Å². The third-order valence-electron chi connectivity index (χ3n) is 4.46. The molecule has 1 fully saturated rings. The smallest absolute Gasteiger partial charge is 0.211 e. The number of rotatable bonds is 8. The van der Waals surface area contributed by atoms with E-state index in [1.807, 2.05) is 25.1 Å². The third kappa shape index (κ3) is 6.17.